The molecule has 0 spiro atoms. The maximum Gasteiger partial charge on any atom is 0.123 e. The first-order chi connectivity index (χ1) is 11.8. The molecule has 0 N–H and O–H groups in total. The van der Waals surface area contributed by atoms with E-state index in [0.29, 0.717) is 0 Å². The van der Waals surface area contributed by atoms with Crippen molar-refractivity contribution in [3.05, 3.63) is 29.8 Å². The van der Waals surface area contributed by atoms with Gasteiger partial charge in [0.15, 0.2) is 0 Å². The van der Waals surface area contributed by atoms with Gasteiger partial charge < -0.3 is 9.64 Å². The number of hydrogen-bond donors (Lipinski definition) is 0. The number of rotatable bonds is 6. The predicted octanol–water partition coefficient (Wildman–Crippen LogP) is 2.69. The van der Waals surface area contributed by atoms with E-state index in [0.717, 1.165) is 38.5 Å². The zero-order valence-electron chi connectivity index (χ0n) is 15.3. The molecule has 4 heteroatoms. The van der Waals surface area contributed by atoms with Crippen LogP contribution in [0.4, 0.5) is 0 Å². The molecule has 0 radical (unpaired) electrons. The van der Waals surface area contributed by atoms with Gasteiger partial charge in [-0.1, -0.05) is 31.0 Å². The number of para-hydroxylation sites is 1. The van der Waals surface area contributed by atoms with Crippen molar-refractivity contribution in [2.45, 2.75) is 32.2 Å². The molecule has 0 atom stereocenters. The van der Waals surface area contributed by atoms with Crippen molar-refractivity contribution in [3.8, 4) is 5.75 Å². The van der Waals surface area contributed by atoms with Gasteiger partial charge in [0.1, 0.15) is 12.4 Å². The van der Waals surface area contributed by atoms with Gasteiger partial charge >= 0.3 is 0 Å². The quantitative estimate of drug-likeness (QED) is 0.798. The Kier molecular flexibility index (Phi) is 6.94. The lowest BCUT2D eigenvalue weighted by molar-refractivity contribution is 0.133. The van der Waals surface area contributed by atoms with Gasteiger partial charge in [-0.25, -0.2) is 0 Å². The van der Waals surface area contributed by atoms with Crippen LogP contribution in [-0.4, -0.2) is 74.2 Å². The highest BCUT2D eigenvalue weighted by Crippen LogP contribution is 2.21. The molecule has 0 saturated carbocycles. The van der Waals surface area contributed by atoms with Gasteiger partial charge in [-0.05, 0) is 39.0 Å². The van der Waals surface area contributed by atoms with Gasteiger partial charge in [-0.2, -0.15) is 0 Å². The summed E-state index contributed by atoms with van der Waals surface area (Å²) in [6, 6.07) is 8.60. The van der Waals surface area contributed by atoms with Gasteiger partial charge in [0.25, 0.3) is 0 Å². The van der Waals surface area contributed by atoms with E-state index < -0.39 is 0 Å². The molecule has 2 aliphatic heterocycles. The molecule has 0 aliphatic carbocycles. The van der Waals surface area contributed by atoms with Gasteiger partial charge in [-0.3, -0.25) is 9.80 Å². The zero-order chi connectivity index (χ0) is 16.6. The monoisotopic (exact) mass is 331 g/mol. The zero-order valence-corrected chi connectivity index (χ0v) is 15.3. The highest BCUT2D eigenvalue weighted by atomic mass is 16.5. The first-order valence-electron chi connectivity index (χ1n) is 9.65. The summed E-state index contributed by atoms with van der Waals surface area (Å²) < 4.78 is 6.16. The molecule has 1 aromatic carbocycles. The van der Waals surface area contributed by atoms with Crippen LogP contribution in [0.1, 0.15) is 31.2 Å². The van der Waals surface area contributed by atoms with Gasteiger partial charge in [0.2, 0.25) is 0 Å². The number of piperazine rings is 1. The van der Waals surface area contributed by atoms with Crippen LogP contribution in [0.5, 0.6) is 5.75 Å². The van der Waals surface area contributed by atoms with Crippen molar-refractivity contribution in [2.75, 3.05) is 59.5 Å². The smallest absolute Gasteiger partial charge is 0.123 e. The van der Waals surface area contributed by atoms with Gasteiger partial charge in [0.05, 0.1) is 0 Å². The molecular weight excluding hydrogens is 298 g/mol. The second kappa shape index (κ2) is 9.40. The lowest BCUT2D eigenvalue weighted by Gasteiger charge is -2.32. The molecule has 0 aromatic heterocycles. The Morgan fingerprint density at radius 1 is 0.833 bits per heavy atom. The molecule has 2 heterocycles. The number of benzene rings is 1. The van der Waals surface area contributed by atoms with E-state index in [1.54, 1.807) is 0 Å². The molecule has 4 nitrogen and oxygen atoms in total. The van der Waals surface area contributed by atoms with E-state index in [-0.39, 0.29) is 0 Å². The number of hydrogen-bond acceptors (Lipinski definition) is 4. The van der Waals surface area contributed by atoms with Crippen LogP contribution < -0.4 is 4.74 Å². The van der Waals surface area contributed by atoms with Crippen LogP contribution in [0, 0.1) is 0 Å². The molecule has 2 fully saturated rings. The third-order valence-corrected chi connectivity index (χ3v) is 5.33. The van der Waals surface area contributed by atoms with Crippen LogP contribution in [0.3, 0.4) is 0 Å². The van der Waals surface area contributed by atoms with E-state index in [1.807, 2.05) is 0 Å². The second-order valence-electron chi connectivity index (χ2n) is 7.29. The van der Waals surface area contributed by atoms with Crippen molar-refractivity contribution >= 4 is 0 Å². The standard InChI is InChI=1S/C20H33N3O/c1-21-12-14-22(15-13-21)16-17-24-20-9-5-4-8-19(20)18-23-10-6-2-3-7-11-23/h4-5,8-9H,2-3,6-7,10-18H2,1H3. The summed E-state index contributed by atoms with van der Waals surface area (Å²) in [4.78, 5) is 7.50. The lowest BCUT2D eigenvalue weighted by Crippen LogP contribution is -2.45. The van der Waals surface area contributed by atoms with Crippen molar-refractivity contribution in [3.63, 3.8) is 0 Å². The summed E-state index contributed by atoms with van der Waals surface area (Å²) in [7, 11) is 2.20. The summed E-state index contributed by atoms with van der Waals surface area (Å²) >= 11 is 0. The molecule has 0 unspecified atom stereocenters. The Morgan fingerprint density at radius 3 is 2.29 bits per heavy atom. The average molecular weight is 332 g/mol. The minimum absolute atomic E-state index is 0.792. The molecule has 1 aromatic rings. The fourth-order valence-corrected chi connectivity index (χ4v) is 3.67. The maximum atomic E-state index is 6.16. The van der Waals surface area contributed by atoms with E-state index in [9.17, 15) is 0 Å². The highest BCUT2D eigenvalue weighted by Gasteiger charge is 2.15. The van der Waals surface area contributed by atoms with Gasteiger partial charge in [-0.15, -0.1) is 0 Å². The molecule has 134 valence electrons. The summed E-state index contributed by atoms with van der Waals surface area (Å²) in [6.07, 6.45) is 5.46. The third-order valence-electron chi connectivity index (χ3n) is 5.33. The molecule has 2 aliphatic rings. The number of likely N-dealkylation sites (N-methyl/N-ethyl adjacent to an activating group) is 1. The summed E-state index contributed by atoms with van der Waals surface area (Å²) in [6.45, 7) is 9.99. The lowest BCUT2D eigenvalue weighted by atomic mass is 10.2. The Balaban J connectivity index is 1.48. The molecular formula is C20H33N3O. The van der Waals surface area contributed by atoms with Crippen molar-refractivity contribution in [2.24, 2.45) is 0 Å². The van der Waals surface area contributed by atoms with Crippen molar-refractivity contribution in [1.82, 2.24) is 14.7 Å². The van der Waals surface area contributed by atoms with Crippen LogP contribution in [-0.2, 0) is 6.54 Å². The number of likely N-dealkylation sites (tertiary alicyclic amines) is 1. The largest absolute Gasteiger partial charge is 0.492 e. The normalized spacial score (nSPS) is 21.5. The number of nitrogens with zero attached hydrogens (tertiary/aromatic N) is 3. The van der Waals surface area contributed by atoms with Crippen LogP contribution >= 0.6 is 0 Å². The Labute approximate surface area is 147 Å². The Morgan fingerprint density at radius 2 is 1.54 bits per heavy atom. The molecule has 24 heavy (non-hydrogen) atoms. The molecule has 2 saturated heterocycles. The topological polar surface area (TPSA) is 19.0 Å². The minimum atomic E-state index is 0.792. The summed E-state index contributed by atoms with van der Waals surface area (Å²) in [5.41, 5.74) is 1.35. The van der Waals surface area contributed by atoms with Crippen LogP contribution in [0.15, 0.2) is 24.3 Å². The van der Waals surface area contributed by atoms with Gasteiger partial charge in [0, 0.05) is 44.8 Å². The summed E-state index contributed by atoms with van der Waals surface area (Å²) in [5, 5.41) is 0. The molecule has 3 rings (SSSR count). The molecule has 0 bridgehead atoms. The SMILES string of the molecule is CN1CCN(CCOc2ccccc2CN2CCCCCC2)CC1. The third kappa shape index (κ3) is 5.47. The van der Waals surface area contributed by atoms with Crippen LogP contribution in [0.2, 0.25) is 0 Å². The van der Waals surface area contributed by atoms with E-state index in [2.05, 4.69) is 46.0 Å². The van der Waals surface area contributed by atoms with Crippen molar-refractivity contribution < 1.29 is 4.74 Å². The fraction of sp³-hybridized carbons (Fsp3) is 0.700. The predicted molar refractivity (Wildman–Crippen MR) is 99.6 cm³/mol. The second-order valence-corrected chi connectivity index (χ2v) is 7.29. The average Bonchev–Trinajstić information content (AvgIpc) is 2.87. The van der Waals surface area contributed by atoms with E-state index in [1.165, 1.54) is 57.4 Å². The summed E-state index contributed by atoms with van der Waals surface area (Å²) in [5.74, 6) is 1.08. The fourth-order valence-electron chi connectivity index (χ4n) is 3.67. The maximum absolute atomic E-state index is 6.16. The first-order valence-corrected chi connectivity index (χ1v) is 9.65. The van der Waals surface area contributed by atoms with E-state index in [4.69, 9.17) is 4.74 Å². The Bertz CT molecular complexity index is 478. The number of ether oxygens (including phenoxy) is 1. The Hall–Kier alpha value is -1.10. The van der Waals surface area contributed by atoms with Crippen molar-refractivity contribution in [1.29, 1.82) is 0 Å². The van der Waals surface area contributed by atoms with E-state index >= 15 is 0 Å². The van der Waals surface area contributed by atoms with Crippen LogP contribution in [0.25, 0.3) is 0 Å². The highest BCUT2D eigenvalue weighted by molar-refractivity contribution is 5.33. The minimum Gasteiger partial charge on any atom is -0.492 e. The first kappa shape index (κ1) is 17.7. The molecule has 0 amide bonds.